The molecule has 0 radical (unpaired) electrons. The number of amides is 1. The molecule has 3 fully saturated rings. The van der Waals surface area contributed by atoms with Crippen molar-refractivity contribution in [3.05, 3.63) is 71.9 Å². The van der Waals surface area contributed by atoms with E-state index < -0.39 is 10.1 Å². The fraction of sp³-hybridized carbons (Fsp3) is 0.333. The number of nitrogens with zero attached hydrogens (tertiary/aromatic N) is 2. The third-order valence-corrected chi connectivity index (χ3v) is 6.96. The molecule has 2 bridgehead atoms. The van der Waals surface area contributed by atoms with Crippen molar-refractivity contribution in [3.8, 4) is 11.3 Å². The van der Waals surface area contributed by atoms with Crippen LogP contribution >= 0.6 is 0 Å². The minimum absolute atomic E-state index is 0.0666. The summed E-state index contributed by atoms with van der Waals surface area (Å²) in [5.74, 6) is 1.10. The van der Waals surface area contributed by atoms with Crippen LogP contribution in [-0.2, 0) is 10.1 Å². The van der Waals surface area contributed by atoms with Gasteiger partial charge < -0.3 is 14.7 Å². The van der Waals surface area contributed by atoms with Crippen molar-refractivity contribution in [1.82, 2.24) is 15.4 Å². The zero-order valence-electron chi connectivity index (χ0n) is 18.3. The first-order chi connectivity index (χ1) is 15.8. The van der Waals surface area contributed by atoms with Gasteiger partial charge in [0.05, 0.1) is 4.90 Å². The maximum atomic E-state index is 12.4. The molecule has 3 aliphatic heterocycles. The molecule has 33 heavy (non-hydrogen) atoms. The van der Waals surface area contributed by atoms with Gasteiger partial charge in [0.25, 0.3) is 16.0 Å². The van der Waals surface area contributed by atoms with Crippen LogP contribution in [0.4, 0.5) is 0 Å². The van der Waals surface area contributed by atoms with Gasteiger partial charge in [0, 0.05) is 24.2 Å². The predicted octanol–water partition coefficient (Wildman–Crippen LogP) is 3.41. The largest absolute Gasteiger partial charge is 0.355 e. The Hall–Kier alpha value is -3.01. The molecule has 8 nitrogen and oxygen atoms in total. The van der Waals surface area contributed by atoms with E-state index in [2.05, 4.69) is 15.4 Å². The number of benzene rings is 2. The van der Waals surface area contributed by atoms with Crippen molar-refractivity contribution in [3.63, 3.8) is 0 Å². The number of hydrogen-bond acceptors (Lipinski definition) is 6. The van der Waals surface area contributed by atoms with Crippen LogP contribution in [0.2, 0.25) is 0 Å². The molecule has 0 aliphatic carbocycles. The van der Waals surface area contributed by atoms with E-state index in [0.717, 1.165) is 17.7 Å². The lowest BCUT2D eigenvalue weighted by Crippen LogP contribution is -2.57. The Morgan fingerprint density at radius 3 is 2.33 bits per heavy atom. The molecule has 1 atom stereocenters. The maximum Gasteiger partial charge on any atom is 0.294 e. The molecule has 1 aromatic heterocycles. The third-order valence-electron chi connectivity index (χ3n) is 6.09. The van der Waals surface area contributed by atoms with Crippen LogP contribution < -0.4 is 5.32 Å². The second-order valence-electron chi connectivity index (χ2n) is 8.45. The first-order valence-corrected chi connectivity index (χ1v) is 12.3. The fourth-order valence-electron chi connectivity index (χ4n) is 4.20. The zero-order valence-corrected chi connectivity index (χ0v) is 19.2. The lowest BCUT2D eigenvalue weighted by Gasteiger charge is -2.44. The average molecular weight is 470 g/mol. The van der Waals surface area contributed by atoms with E-state index in [9.17, 15) is 13.2 Å². The van der Waals surface area contributed by atoms with Crippen LogP contribution in [0.1, 0.15) is 28.9 Å². The number of carbonyl (C=O) groups excluding carboxylic acids is 1. The molecule has 6 rings (SSSR count). The lowest BCUT2D eigenvalue weighted by molar-refractivity contribution is 0.0616. The molecule has 1 amide bonds. The Bertz CT molecular complexity index is 1180. The van der Waals surface area contributed by atoms with Gasteiger partial charge >= 0.3 is 0 Å². The second kappa shape index (κ2) is 9.86. The van der Waals surface area contributed by atoms with Crippen molar-refractivity contribution in [2.75, 3.05) is 19.6 Å². The normalized spacial score (nSPS) is 21.7. The van der Waals surface area contributed by atoms with Gasteiger partial charge in [-0.15, -0.1) is 0 Å². The molecule has 0 spiro atoms. The number of carbonyl (C=O) groups is 1. The predicted molar refractivity (Wildman–Crippen MR) is 123 cm³/mol. The standard InChI is InChI=1S/C17H19N3O2.C7H8O3S/c21-17(18-15-11-20-8-6-12(15)7-9-20)14-10-16(22-19-14)13-4-2-1-3-5-13;1-6-2-4-7(5-3-6)11(8,9)10/h1-5,10,12,15H,6-9,11H2,(H,18,21);2-5H,1H3,(H,8,9,10)/t15-;/m0./s1. The van der Waals surface area contributed by atoms with E-state index >= 15 is 0 Å². The van der Waals surface area contributed by atoms with Gasteiger partial charge in [-0.05, 0) is 50.9 Å². The Morgan fingerprint density at radius 1 is 1.09 bits per heavy atom. The van der Waals surface area contributed by atoms with Crippen molar-refractivity contribution < 1.29 is 22.3 Å². The van der Waals surface area contributed by atoms with Crippen LogP contribution in [0.3, 0.4) is 0 Å². The smallest absolute Gasteiger partial charge is 0.294 e. The Balaban J connectivity index is 0.000000200. The van der Waals surface area contributed by atoms with Crippen LogP contribution in [0.15, 0.2) is 70.1 Å². The second-order valence-corrected chi connectivity index (χ2v) is 9.87. The topological polar surface area (TPSA) is 113 Å². The molecule has 9 heteroatoms. The molecule has 3 aliphatic rings. The van der Waals surface area contributed by atoms with Gasteiger partial charge in [0.15, 0.2) is 11.5 Å². The molecule has 174 valence electrons. The van der Waals surface area contributed by atoms with E-state index in [0.29, 0.717) is 17.4 Å². The van der Waals surface area contributed by atoms with Gasteiger partial charge in [-0.25, -0.2) is 0 Å². The summed E-state index contributed by atoms with van der Waals surface area (Å²) in [6, 6.07) is 17.6. The van der Waals surface area contributed by atoms with Gasteiger partial charge in [-0.2, -0.15) is 8.42 Å². The van der Waals surface area contributed by atoms with Crippen LogP contribution in [0, 0.1) is 12.8 Å². The van der Waals surface area contributed by atoms with E-state index in [-0.39, 0.29) is 16.8 Å². The quantitative estimate of drug-likeness (QED) is 0.563. The summed E-state index contributed by atoms with van der Waals surface area (Å²) in [5, 5.41) is 7.05. The van der Waals surface area contributed by atoms with Crippen molar-refractivity contribution in [1.29, 1.82) is 0 Å². The summed E-state index contributed by atoms with van der Waals surface area (Å²) < 4.78 is 34.9. The van der Waals surface area contributed by atoms with Gasteiger partial charge in [-0.1, -0.05) is 53.2 Å². The number of nitrogens with one attached hydrogen (secondary N) is 1. The Labute approximate surface area is 193 Å². The third kappa shape index (κ3) is 5.87. The van der Waals surface area contributed by atoms with Crippen LogP contribution in [-0.4, -0.2) is 54.6 Å². The number of piperidine rings is 3. The first kappa shape index (κ1) is 23.2. The van der Waals surface area contributed by atoms with Crippen molar-refractivity contribution >= 4 is 16.0 Å². The van der Waals surface area contributed by atoms with Crippen molar-refractivity contribution in [2.24, 2.45) is 5.92 Å². The van der Waals surface area contributed by atoms with E-state index in [1.807, 2.05) is 37.3 Å². The number of aryl methyl sites for hydroxylation is 1. The fourth-order valence-corrected chi connectivity index (χ4v) is 4.68. The molecule has 0 saturated carbocycles. The minimum atomic E-state index is -4.02. The molecule has 3 aromatic rings. The number of rotatable bonds is 4. The van der Waals surface area contributed by atoms with Crippen molar-refractivity contribution in [2.45, 2.75) is 30.7 Å². The summed E-state index contributed by atoms with van der Waals surface area (Å²) in [7, 11) is -4.02. The zero-order chi connectivity index (χ0) is 23.4. The van der Waals surface area contributed by atoms with Gasteiger partial charge in [-0.3, -0.25) is 9.35 Å². The lowest BCUT2D eigenvalue weighted by atomic mass is 9.84. The average Bonchev–Trinajstić information content (AvgIpc) is 3.31. The van der Waals surface area contributed by atoms with E-state index in [4.69, 9.17) is 9.08 Å². The molecule has 2 aromatic carbocycles. The maximum absolute atomic E-state index is 12.4. The van der Waals surface area contributed by atoms with E-state index in [1.165, 1.54) is 38.1 Å². The first-order valence-electron chi connectivity index (χ1n) is 10.9. The molecular weight excluding hydrogens is 442 g/mol. The number of aromatic nitrogens is 1. The van der Waals surface area contributed by atoms with Crippen LogP contribution in [0.25, 0.3) is 11.3 Å². The number of fused-ring (bicyclic) bond motifs is 3. The Morgan fingerprint density at radius 2 is 1.76 bits per heavy atom. The summed E-state index contributed by atoms with van der Waals surface area (Å²) in [6.07, 6.45) is 2.36. The SMILES string of the molecule is Cc1ccc(S(=O)(=O)O)cc1.O=C(N[C@H]1CN2CCC1CC2)c1cc(-c2ccccc2)on1. The summed E-state index contributed by atoms with van der Waals surface area (Å²) >= 11 is 0. The number of hydrogen-bond donors (Lipinski definition) is 2. The molecule has 3 saturated heterocycles. The molecule has 2 N–H and O–H groups in total. The molecular formula is C24H27N3O5S. The molecule has 0 unspecified atom stereocenters. The Kier molecular flexibility index (Phi) is 6.92. The van der Waals surface area contributed by atoms with Crippen LogP contribution in [0.5, 0.6) is 0 Å². The highest BCUT2D eigenvalue weighted by atomic mass is 32.2. The highest BCUT2D eigenvalue weighted by Crippen LogP contribution is 2.28. The van der Waals surface area contributed by atoms with E-state index in [1.54, 1.807) is 18.2 Å². The summed E-state index contributed by atoms with van der Waals surface area (Å²) in [6.45, 7) is 5.13. The van der Waals surface area contributed by atoms with Gasteiger partial charge in [0.1, 0.15) is 0 Å². The minimum Gasteiger partial charge on any atom is -0.355 e. The highest BCUT2D eigenvalue weighted by molar-refractivity contribution is 7.85. The monoisotopic (exact) mass is 469 g/mol. The highest BCUT2D eigenvalue weighted by Gasteiger charge is 2.35. The molecule has 4 heterocycles. The van der Waals surface area contributed by atoms with Gasteiger partial charge in [0.2, 0.25) is 0 Å². The summed E-state index contributed by atoms with van der Waals surface area (Å²) in [4.78, 5) is 14.7. The summed E-state index contributed by atoms with van der Waals surface area (Å²) in [5.41, 5.74) is 2.24.